The number of rotatable bonds is 5. The highest BCUT2D eigenvalue weighted by Gasteiger charge is 2.30. The number of hydrogen-bond donors (Lipinski definition) is 0. The molecule has 1 aromatic carbocycles. The highest BCUT2D eigenvalue weighted by atomic mass is 32.1. The van der Waals surface area contributed by atoms with Crippen molar-refractivity contribution >= 4 is 17.2 Å². The molecule has 0 saturated carbocycles. The van der Waals surface area contributed by atoms with E-state index in [1.165, 1.54) is 10.4 Å². The molecule has 2 aliphatic heterocycles. The topological polar surface area (TPSA) is 38.8 Å². The summed E-state index contributed by atoms with van der Waals surface area (Å²) in [6.07, 6.45) is 5.53. The predicted molar refractivity (Wildman–Crippen MR) is 103 cm³/mol. The van der Waals surface area contributed by atoms with Gasteiger partial charge in [-0.15, -0.1) is 11.3 Å². The Kier molecular flexibility index (Phi) is 5.44. The minimum absolute atomic E-state index is 0.168. The number of hydrogen-bond acceptors (Lipinski definition) is 4. The third-order valence-corrected chi connectivity index (χ3v) is 6.06. The second-order valence-corrected chi connectivity index (χ2v) is 7.97. The Labute approximate surface area is 158 Å². The summed E-state index contributed by atoms with van der Waals surface area (Å²) < 4.78 is 11.5. The van der Waals surface area contributed by atoms with Crippen molar-refractivity contribution in [1.29, 1.82) is 0 Å². The van der Waals surface area contributed by atoms with Gasteiger partial charge in [0.15, 0.2) is 11.5 Å². The second-order valence-electron chi connectivity index (χ2n) is 6.93. The van der Waals surface area contributed by atoms with Crippen molar-refractivity contribution < 1.29 is 14.3 Å². The number of carbonyl (C=O) groups is 1. The van der Waals surface area contributed by atoms with Crippen molar-refractivity contribution in [3.63, 3.8) is 0 Å². The largest absolute Gasteiger partial charge is 0.490 e. The summed E-state index contributed by atoms with van der Waals surface area (Å²) in [6.45, 7) is 2.24. The molecule has 0 unspecified atom stereocenters. The summed E-state index contributed by atoms with van der Waals surface area (Å²) in [5, 5.41) is 2.10. The van der Waals surface area contributed by atoms with Crippen molar-refractivity contribution in [3.05, 3.63) is 46.2 Å². The molecule has 4 nitrogen and oxygen atoms in total. The van der Waals surface area contributed by atoms with Gasteiger partial charge in [-0.3, -0.25) is 4.79 Å². The van der Waals surface area contributed by atoms with E-state index in [0.717, 1.165) is 50.1 Å². The van der Waals surface area contributed by atoms with Crippen molar-refractivity contribution in [3.8, 4) is 11.5 Å². The van der Waals surface area contributed by atoms with Crippen LogP contribution in [0.25, 0.3) is 0 Å². The van der Waals surface area contributed by atoms with E-state index in [1.807, 2.05) is 6.07 Å². The van der Waals surface area contributed by atoms with E-state index in [1.54, 1.807) is 11.3 Å². The van der Waals surface area contributed by atoms with Crippen LogP contribution in [-0.4, -0.2) is 30.6 Å². The van der Waals surface area contributed by atoms with E-state index in [-0.39, 0.29) is 11.9 Å². The highest BCUT2D eigenvalue weighted by Crippen LogP contribution is 2.38. The highest BCUT2D eigenvalue weighted by molar-refractivity contribution is 7.09. The number of thiophene rings is 1. The third-order valence-electron chi connectivity index (χ3n) is 5.12. The van der Waals surface area contributed by atoms with Gasteiger partial charge >= 0.3 is 0 Å². The van der Waals surface area contributed by atoms with Gasteiger partial charge < -0.3 is 14.4 Å². The summed E-state index contributed by atoms with van der Waals surface area (Å²) in [4.78, 5) is 16.2. The van der Waals surface area contributed by atoms with E-state index < -0.39 is 0 Å². The molecule has 26 heavy (non-hydrogen) atoms. The van der Waals surface area contributed by atoms with Gasteiger partial charge in [-0.1, -0.05) is 12.1 Å². The maximum Gasteiger partial charge on any atom is 0.223 e. The summed E-state index contributed by atoms with van der Waals surface area (Å²) in [7, 11) is 0. The number of amides is 1. The normalized spacial score (nSPS) is 19.4. The number of carbonyl (C=O) groups excluding carboxylic acids is 1. The van der Waals surface area contributed by atoms with Crippen LogP contribution in [0.2, 0.25) is 0 Å². The summed E-state index contributed by atoms with van der Waals surface area (Å²) in [5.74, 6) is 1.91. The lowest BCUT2D eigenvalue weighted by Gasteiger charge is -2.26. The van der Waals surface area contributed by atoms with Crippen LogP contribution < -0.4 is 9.47 Å². The molecular formula is C21H25NO3S. The first-order valence-corrected chi connectivity index (χ1v) is 10.4. The number of aryl methyl sites for hydroxylation is 1. The molecule has 4 rings (SSSR count). The van der Waals surface area contributed by atoms with E-state index in [9.17, 15) is 4.79 Å². The predicted octanol–water partition coefficient (Wildman–Crippen LogP) is 4.60. The maximum atomic E-state index is 12.8. The SMILES string of the molecule is O=C(CCCc1cccs1)N1CCC[C@@H]1c1ccc2c(c1)OCCCO2. The zero-order chi connectivity index (χ0) is 17.8. The summed E-state index contributed by atoms with van der Waals surface area (Å²) >= 11 is 1.77. The Hall–Kier alpha value is -2.01. The van der Waals surface area contributed by atoms with Gasteiger partial charge in [0.25, 0.3) is 0 Å². The molecule has 2 aliphatic rings. The van der Waals surface area contributed by atoms with Crippen molar-refractivity contribution in [2.45, 2.75) is 44.6 Å². The second kappa shape index (κ2) is 8.12. The van der Waals surface area contributed by atoms with E-state index >= 15 is 0 Å². The molecule has 1 amide bonds. The van der Waals surface area contributed by atoms with Crippen LogP contribution in [0.3, 0.4) is 0 Å². The van der Waals surface area contributed by atoms with Crippen LogP contribution in [-0.2, 0) is 11.2 Å². The Morgan fingerprint density at radius 3 is 2.88 bits per heavy atom. The molecule has 1 saturated heterocycles. The first-order chi connectivity index (χ1) is 12.8. The lowest BCUT2D eigenvalue weighted by atomic mass is 10.0. The first kappa shape index (κ1) is 17.4. The Balaban J connectivity index is 1.41. The molecule has 3 heterocycles. The molecule has 0 aliphatic carbocycles. The first-order valence-electron chi connectivity index (χ1n) is 9.52. The van der Waals surface area contributed by atoms with Crippen LogP contribution in [0.1, 0.15) is 48.6 Å². The van der Waals surface area contributed by atoms with Crippen LogP contribution >= 0.6 is 11.3 Å². The number of nitrogens with zero attached hydrogens (tertiary/aromatic N) is 1. The van der Waals surface area contributed by atoms with Crippen molar-refractivity contribution in [2.24, 2.45) is 0 Å². The van der Waals surface area contributed by atoms with E-state index in [2.05, 4.69) is 34.5 Å². The van der Waals surface area contributed by atoms with Crippen LogP contribution in [0, 0.1) is 0 Å². The lowest BCUT2D eigenvalue weighted by Crippen LogP contribution is -2.30. The molecule has 0 bridgehead atoms. The molecule has 1 aromatic heterocycles. The molecule has 5 heteroatoms. The number of likely N-dealkylation sites (tertiary alicyclic amines) is 1. The number of ether oxygens (including phenoxy) is 2. The molecule has 1 atom stereocenters. The minimum Gasteiger partial charge on any atom is -0.490 e. The van der Waals surface area contributed by atoms with Crippen LogP contribution in [0.5, 0.6) is 11.5 Å². The molecule has 0 spiro atoms. The van der Waals surface area contributed by atoms with Crippen molar-refractivity contribution in [2.75, 3.05) is 19.8 Å². The van der Waals surface area contributed by atoms with Crippen LogP contribution in [0.4, 0.5) is 0 Å². The van der Waals surface area contributed by atoms with Crippen LogP contribution in [0.15, 0.2) is 35.7 Å². The summed E-state index contributed by atoms with van der Waals surface area (Å²) in [6, 6.07) is 10.5. The smallest absolute Gasteiger partial charge is 0.223 e. The standard InChI is InChI=1S/C21H25NO3S/c23-21(8-1-5-17-6-3-14-26-17)22-11-2-7-18(22)16-9-10-19-20(15-16)25-13-4-12-24-19/h3,6,9-10,14-15,18H,1-2,4-5,7-8,11-13H2/t18-/m1/s1. The molecule has 0 radical (unpaired) electrons. The van der Waals surface area contributed by atoms with Gasteiger partial charge in [0.2, 0.25) is 5.91 Å². The van der Waals surface area contributed by atoms with E-state index in [0.29, 0.717) is 19.6 Å². The van der Waals surface area contributed by atoms with E-state index in [4.69, 9.17) is 9.47 Å². The van der Waals surface area contributed by atoms with Gasteiger partial charge in [-0.25, -0.2) is 0 Å². The zero-order valence-corrected chi connectivity index (χ0v) is 15.8. The fourth-order valence-electron chi connectivity index (χ4n) is 3.81. The number of fused-ring (bicyclic) bond motifs is 1. The minimum atomic E-state index is 0.168. The lowest BCUT2D eigenvalue weighted by molar-refractivity contribution is -0.132. The molecule has 0 N–H and O–H groups in total. The van der Waals surface area contributed by atoms with Gasteiger partial charge in [0.1, 0.15) is 0 Å². The Bertz CT molecular complexity index is 744. The fourth-order valence-corrected chi connectivity index (χ4v) is 4.56. The van der Waals surface area contributed by atoms with Gasteiger partial charge in [0, 0.05) is 24.3 Å². The molecule has 1 fully saturated rings. The maximum absolute atomic E-state index is 12.8. The molecular weight excluding hydrogens is 346 g/mol. The monoisotopic (exact) mass is 371 g/mol. The zero-order valence-electron chi connectivity index (χ0n) is 15.0. The van der Waals surface area contributed by atoms with Crippen molar-refractivity contribution in [1.82, 2.24) is 4.90 Å². The van der Waals surface area contributed by atoms with Gasteiger partial charge in [-0.05, 0) is 54.8 Å². The molecule has 138 valence electrons. The average Bonchev–Trinajstić information content (AvgIpc) is 3.29. The average molecular weight is 372 g/mol. The summed E-state index contributed by atoms with van der Waals surface area (Å²) in [5.41, 5.74) is 1.17. The van der Waals surface area contributed by atoms with Gasteiger partial charge in [0.05, 0.1) is 19.3 Å². The Morgan fingerprint density at radius 1 is 1.15 bits per heavy atom. The molecule has 2 aromatic rings. The number of benzene rings is 1. The Morgan fingerprint density at radius 2 is 2.04 bits per heavy atom. The van der Waals surface area contributed by atoms with Gasteiger partial charge in [-0.2, -0.15) is 0 Å². The fraction of sp³-hybridized carbons (Fsp3) is 0.476. The quantitative estimate of drug-likeness (QED) is 0.771. The third kappa shape index (κ3) is 3.88.